The number of hydrogen-bond acceptors (Lipinski definition) is 3. The van der Waals surface area contributed by atoms with Crippen LogP contribution < -0.4 is 11.1 Å². The minimum absolute atomic E-state index is 0.0812. The molecule has 2 aliphatic heterocycles. The van der Waals surface area contributed by atoms with Gasteiger partial charge in [0, 0.05) is 24.7 Å². The third-order valence-corrected chi connectivity index (χ3v) is 5.20. The molecule has 2 fully saturated rings. The molecule has 114 valence electrons. The molecule has 1 amide bonds. The molecule has 0 aromatic heterocycles. The van der Waals surface area contributed by atoms with Crippen molar-refractivity contribution in [2.24, 2.45) is 5.73 Å². The number of piperidine rings is 1. The third-order valence-electron chi connectivity index (χ3n) is 5.20. The van der Waals surface area contributed by atoms with Crippen molar-refractivity contribution in [2.45, 2.75) is 49.7 Å². The quantitative estimate of drug-likeness (QED) is 0.881. The summed E-state index contributed by atoms with van der Waals surface area (Å²) in [6.07, 6.45) is 4.69. The van der Waals surface area contributed by atoms with Crippen molar-refractivity contribution in [3.05, 3.63) is 35.9 Å². The van der Waals surface area contributed by atoms with E-state index in [0.717, 1.165) is 18.4 Å². The van der Waals surface area contributed by atoms with Crippen LogP contribution in [0.5, 0.6) is 0 Å². The van der Waals surface area contributed by atoms with Crippen LogP contribution >= 0.6 is 0 Å². The maximum absolute atomic E-state index is 12.6. The van der Waals surface area contributed by atoms with E-state index < -0.39 is 0 Å². The van der Waals surface area contributed by atoms with Crippen molar-refractivity contribution in [1.29, 1.82) is 0 Å². The van der Waals surface area contributed by atoms with Crippen molar-refractivity contribution in [2.75, 3.05) is 13.6 Å². The summed E-state index contributed by atoms with van der Waals surface area (Å²) in [5.74, 6) is -0.152. The number of rotatable bonds is 4. The normalized spacial score (nSPS) is 30.1. The SMILES string of the molecule is CN1[C@@H]2CC[C@H]1CC(NC(=O)C(CN)c1ccccc1)C2. The van der Waals surface area contributed by atoms with Crippen LogP contribution in [-0.4, -0.2) is 42.5 Å². The Bertz CT molecular complexity index is 476. The Kier molecular flexibility index (Phi) is 4.27. The minimum Gasteiger partial charge on any atom is -0.353 e. The highest BCUT2D eigenvalue weighted by Gasteiger charge is 2.39. The number of carbonyl (C=O) groups is 1. The number of carbonyl (C=O) groups excluding carboxylic acids is 1. The van der Waals surface area contributed by atoms with E-state index in [1.54, 1.807) is 0 Å². The van der Waals surface area contributed by atoms with Gasteiger partial charge < -0.3 is 16.0 Å². The zero-order valence-corrected chi connectivity index (χ0v) is 12.7. The Balaban J connectivity index is 1.63. The second-order valence-electron chi connectivity index (χ2n) is 6.43. The molecule has 2 bridgehead atoms. The second-order valence-corrected chi connectivity index (χ2v) is 6.43. The second kappa shape index (κ2) is 6.16. The predicted molar refractivity (Wildman–Crippen MR) is 84.0 cm³/mol. The minimum atomic E-state index is -0.233. The number of benzene rings is 1. The molecule has 3 N–H and O–H groups in total. The molecule has 4 heteroatoms. The van der Waals surface area contributed by atoms with Crippen LogP contribution in [0.25, 0.3) is 0 Å². The molecule has 0 aliphatic carbocycles. The van der Waals surface area contributed by atoms with Crippen LogP contribution in [0.1, 0.15) is 37.2 Å². The average molecular weight is 287 g/mol. The third kappa shape index (κ3) is 2.97. The summed E-state index contributed by atoms with van der Waals surface area (Å²) in [6, 6.07) is 11.4. The summed E-state index contributed by atoms with van der Waals surface area (Å²) in [7, 11) is 2.22. The van der Waals surface area contributed by atoms with Crippen molar-refractivity contribution in [3.8, 4) is 0 Å². The molecule has 2 heterocycles. The van der Waals surface area contributed by atoms with Crippen molar-refractivity contribution >= 4 is 5.91 Å². The molecule has 2 aliphatic rings. The number of fused-ring (bicyclic) bond motifs is 2. The van der Waals surface area contributed by atoms with Crippen LogP contribution in [0, 0.1) is 0 Å². The highest BCUT2D eigenvalue weighted by molar-refractivity contribution is 5.84. The molecule has 0 radical (unpaired) electrons. The van der Waals surface area contributed by atoms with E-state index in [1.807, 2.05) is 30.3 Å². The lowest BCUT2D eigenvalue weighted by Crippen LogP contribution is -2.50. The van der Waals surface area contributed by atoms with E-state index in [0.29, 0.717) is 24.7 Å². The lowest BCUT2D eigenvalue weighted by Gasteiger charge is -2.37. The Morgan fingerprint density at radius 1 is 1.29 bits per heavy atom. The number of amides is 1. The Morgan fingerprint density at radius 3 is 2.48 bits per heavy atom. The van der Waals surface area contributed by atoms with Gasteiger partial charge in [-0.1, -0.05) is 30.3 Å². The van der Waals surface area contributed by atoms with E-state index in [-0.39, 0.29) is 11.8 Å². The maximum atomic E-state index is 12.6. The first kappa shape index (κ1) is 14.5. The summed E-state index contributed by atoms with van der Waals surface area (Å²) in [5.41, 5.74) is 6.84. The van der Waals surface area contributed by atoms with Crippen LogP contribution in [0.2, 0.25) is 0 Å². The van der Waals surface area contributed by atoms with Crippen LogP contribution in [0.3, 0.4) is 0 Å². The smallest absolute Gasteiger partial charge is 0.229 e. The van der Waals surface area contributed by atoms with Crippen LogP contribution in [-0.2, 0) is 4.79 Å². The molecule has 2 unspecified atom stereocenters. The van der Waals surface area contributed by atoms with Gasteiger partial charge in [-0.15, -0.1) is 0 Å². The topological polar surface area (TPSA) is 58.4 Å². The summed E-state index contributed by atoms with van der Waals surface area (Å²) < 4.78 is 0. The Labute approximate surface area is 126 Å². The molecule has 1 aromatic rings. The van der Waals surface area contributed by atoms with Gasteiger partial charge in [0.1, 0.15) is 0 Å². The fourth-order valence-corrected chi connectivity index (χ4v) is 3.91. The fraction of sp³-hybridized carbons (Fsp3) is 0.588. The molecule has 3 rings (SSSR count). The standard InChI is InChI=1S/C17H25N3O/c1-20-14-7-8-15(20)10-13(9-14)19-17(21)16(11-18)12-5-3-2-4-6-12/h2-6,13-16H,7-11,18H2,1H3,(H,19,21)/t13?,14-,15+,16?. The Morgan fingerprint density at radius 2 is 1.90 bits per heavy atom. The van der Waals surface area contributed by atoms with Crippen LogP contribution in [0.4, 0.5) is 0 Å². The van der Waals surface area contributed by atoms with Gasteiger partial charge in [0.15, 0.2) is 0 Å². The van der Waals surface area contributed by atoms with Gasteiger partial charge >= 0.3 is 0 Å². The summed E-state index contributed by atoms with van der Waals surface area (Å²) >= 11 is 0. The molecular formula is C17H25N3O. The van der Waals surface area contributed by atoms with Crippen LogP contribution in [0.15, 0.2) is 30.3 Å². The number of hydrogen-bond donors (Lipinski definition) is 2. The lowest BCUT2D eigenvalue weighted by molar-refractivity contribution is -0.123. The van der Waals surface area contributed by atoms with E-state index in [4.69, 9.17) is 5.73 Å². The summed E-state index contributed by atoms with van der Waals surface area (Å²) in [6.45, 7) is 0.356. The Hall–Kier alpha value is -1.39. The zero-order chi connectivity index (χ0) is 14.8. The zero-order valence-electron chi connectivity index (χ0n) is 12.7. The van der Waals surface area contributed by atoms with Gasteiger partial charge in [-0.05, 0) is 38.3 Å². The predicted octanol–water partition coefficient (Wildman–Crippen LogP) is 1.47. The number of nitrogens with one attached hydrogen (secondary N) is 1. The van der Waals surface area contributed by atoms with Crippen molar-refractivity contribution in [3.63, 3.8) is 0 Å². The molecule has 2 saturated heterocycles. The van der Waals surface area contributed by atoms with Crippen molar-refractivity contribution < 1.29 is 4.79 Å². The number of nitrogens with zero attached hydrogens (tertiary/aromatic N) is 1. The molecule has 4 atom stereocenters. The van der Waals surface area contributed by atoms with Gasteiger partial charge in [0.2, 0.25) is 5.91 Å². The molecule has 0 spiro atoms. The first-order valence-electron chi connectivity index (χ1n) is 7.96. The molecule has 21 heavy (non-hydrogen) atoms. The van der Waals surface area contributed by atoms with Gasteiger partial charge in [-0.25, -0.2) is 0 Å². The molecule has 0 saturated carbocycles. The number of nitrogens with two attached hydrogens (primary N) is 1. The lowest BCUT2D eigenvalue weighted by atomic mass is 9.94. The van der Waals surface area contributed by atoms with Gasteiger partial charge in [-0.3, -0.25) is 4.79 Å². The highest BCUT2D eigenvalue weighted by Crippen LogP contribution is 2.34. The first-order valence-corrected chi connectivity index (χ1v) is 7.96. The maximum Gasteiger partial charge on any atom is 0.229 e. The van der Waals surface area contributed by atoms with E-state index in [2.05, 4.69) is 17.3 Å². The largest absolute Gasteiger partial charge is 0.353 e. The molecule has 1 aromatic carbocycles. The van der Waals surface area contributed by atoms with E-state index in [1.165, 1.54) is 12.8 Å². The fourth-order valence-electron chi connectivity index (χ4n) is 3.91. The monoisotopic (exact) mass is 287 g/mol. The molecule has 4 nitrogen and oxygen atoms in total. The van der Waals surface area contributed by atoms with Crippen molar-refractivity contribution in [1.82, 2.24) is 10.2 Å². The summed E-state index contributed by atoms with van der Waals surface area (Å²) in [4.78, 5) is 15.0. The van der Waals surface area contributed by atoms with Gasteiger partial charge in [0.05, 0.1) is 5.92 Å². The highest BCUT2D eigenvalue weighted by atomic mass is 16.2. The first-order chi connectivity index (χ1) is 10.2. The van der Waals surface area contributed by atoms with E-state index >= 15 is 0 Å². The van der Waals surface area contributed by atoms with Gasteiger partial charge in [-0.2, -0.15) is 0 Å². The van der Waals surface area contributed by atoms with Gasteiger partial charge in [0.25, 0.3) is 0 Å². The average Bonchev–Trinajstić information content (AvgIpc) is 2.72. The molecular weight excluding hydrogens is 262 g/mol. The summed E-state index contributed by atoms with van der Waals surface area (Å²) in [5, 5.41) is 3.24. The van der Waals surface area contributed by atoms with E-state index in [9.17, 15) is 4.79 Å².